The molecule has 2 aromatic heterocycles. The molecule has 0 aliphatic heterocycles. The van der Waals surface area contributed by atoms with Crippen molar-refractivity contribution in [3.05, 3.63) is 29.2 Å². The molecule has 0 spiro atoms. The highest BCUT2D eigenvalue weighted by Crippen LogP contribution is 2.14. The number of alkyl halides is 2. The van der Waals surface area contributed by atoms with Crippen molar-refractivity contribution in [1.29, 1.82) is 0 Å². The lowest BCUT2D eigenvalue weighted by Crippen LogP contribution is -2.10. The fourth-order valence-electron chi connectivity index (χ4n) is 1.93. The molecule has 0 bridgehead atoms. The van der Waals surface area contributed by atoms with Gasteiger partial charge in [0.1, 0.15) is 6.54 Å². The molecule has 0 aliphatic carbocycles. The van der Waals surface area contributed by atoms with Crippen molar-refractivity contribution in [3.8, 4) is 0 Å². The van der Waals surface area contributed by atoms with Gasteiger partial charge in [0.2, 0.25) is 0 Å². The number of hydrogen-bond acceptors (Lipinski definition) is 3. The molecule has 2 rings (SSSR count). The van der Waals surface area contributed by atoms with E-state index in [0.29, 0.717) is 6.54 Å². The van der Waals surface area contributed by atoms with E-state index in [9.17, 15) is 8.78 Å². The van der Waals surface area contributed by atoms with Gasteiger partial charge in [-0.05, 0) is 13.8 Å². The van der Waals surface area contributed by atoms with Gasteiger partial charge in [-0.15, -0.1) is 0 Å². The second-order valence-electron chi connectivity index (χ2n) is 4.52. The van der Waals surface area contributed by atoms with E-state index in [1.54, 1.807) is 17.8 Å². The van der Waals surface area contributed by atoms with Gasteiger partial charge in [0, 0.05) is 36.6 Å². The van der Waals surface area contributed by atoms with Crippen LogP contribution in [-0.4, -0.2) is 26.0 Å². The fourth-order valence-corrected chi connectivity index (χ4v) is 1.93. The molecule has 0 saturated heterocycles. The Morgan fingerprint density at radius 3 is 2.68 bits per heavy atom. The van der Waals surface area contributed by atoms with Crippen LogP contribution < -0.4 is 5.32 Å². The maximum atomic E-state index is 12.3. The summed E-state index contributed by atoms with van der Waals surface area (Å²) in [6.45, 7) is 3.90. The highest BCUT2D eigenvalue weighted by atomic mass is 19.3. The fraction of sp³-hybridized carbons (Fsp3) is 0.500. The van der Waals surface area contributed by atoms with Crippen LogP contribution in [0, 0.1) is 13.8 Å². The molecule has 104 valence electrons. The van der Waals surface area contributed by atoms with Gasteiger partial charge in [-0.2, -0.15) is 10.2 Å². The van der Waals surface area contributed by atoms with Crippen LogP contribution in [0.2, 0.25) is 0 Å². The SMILES string of the molecule is Cc1cn(C)nc1NCc1cnn(CC(F)F)c1C. The van der Waals surface area contributed by atoms with E-state index in [1.165, 1.54) is 4.68 Å². The Kier molecular flexibility index (Phi) is 3.82. The third kappa shape index (κ3) is 3.10. The highest BCUT2D eigenvalue weighted by molar-refractivity contribution is 5.42. The molecule has 19 heavy (non-hydrogen) atoms. The number of nitrogens with one attached hydrogen (secondary N) is 1. The Labute approximate surface area is 110 Å². The van der Waals surface area contributed by atoms with Crippen molar-refractivity contribution < 1.29 is 8.78 Å². The minimum atomic E-state index is -2.39. The van der Waals surface area contributed by atoms with Crippen LogP contribution in [0.5, 0.6) is 0 Å². The summed E-state index contributed by atoms with van der Waals surface area (Å²) in [4.78, 5) is 0. The van der Waals surface area contributed by atoms with Crippen LogP contribution >= 0.6 is 0 Å². The van der Waals surface area contributed by atoms with Gasteiger partial charge >= 0.3 is 0 Å². The van der Waals surface area contributed by atoms with Crippen molar-refractivity contribution in [3.63, 3.8) is 0 Å². The van der Waals surface area contributed by atoms with Crippen molar-refractivity contribution in [2.75, 3.05) is 5.32 Å². The topological polar surface area (TPSA) is 47.7 Å². The molecule has 0 radical (unpaired) electrons. The summed E-state index contributed by atoms with van der Waals surface area (Å²) in [6, 6.07) is 0. The summed E-state index contributed by atoms with van der Waals surface area (Å²) in [5, 5.41) is 11.4. The zero-order valence-corrected chi connectivity index (χ0v) is 11.2. The van der Waals surface area contributed by atoms with E-state index in [4.69, 9.17) is 0 Å². The van der Waals surface area contributed by atoms with Gasteiger partial charge in [-0.3, -0.25) is 9.36 Å². The first kappa shape index (κ1) is 13.5. The Bertz CT molecular complexity index is 558. The predicted molar refractivity (Wildman–Crippen MR) is 68.2 cm³/mol. The van der Waals surface area contributed by atoms with Crippen LogP contribution in [0.4, 0.5) is 14.6 Å². The second kappa shape index (κ2) is 5.38. The molecule has 2 heterocycles. The zero-order chi connectivity index (χ0) is 14.0. The van der Waals surface area contributed by atoms with Crippen LogP contribution in [0.15, 0.2) is 12.4 Å². The van der Waals surface area contributed by atoms with Gasteiger partial charge in [-0.25, -0.2) is 8.78 Å². The molecule has 7 heteroatoms. The van der Waals surface area contributed by atoms with Crippen LogP contribution in [0.3, 0.4) is 0 Å². The molecule has 0 saturated carbocycles. The first-order valence-electron chi connectivity index (χ1n) is 6.01. The van der Waals surface area contributed by atoms with Crippen LogP contribution in [-0.2, 0) is 20.1 Å². The number of aromatic nitrogens is 4. The van der Waals surface area contributed by atoms with E-state index >= 15 is 0 Å². The summed E-state index contributed by atoms with van der Waals surface area (Å²) in [6.07, 6.45) is 1.13. The van der Waals surface area contributed by atoms with E-state index in [1.807, 2.05) is 20.2 Å². The monoisotopic (exact) mass is 269 g/mol. The minimum Gasteiger partial charge on any atom is -0.364 e. The molecule has 0 amide bonds. The first-order valence-corrected chi connectivity index (χ1v) is 6.01. The maximum Gasteiger partial charge on any atom is 0.257 e. The molecule has 0 atom stereocenters. The molecule has 0 unspecified atom stereocenters. The maximum absolute atomic E-state index is 12.3. The first-order chi connectivity index (χ1) is 8.97. The molecule has 0 fully saturated rings. The van der Waals surface area contributed by atoms with E-state index in [0.717, 1.165) is 22.6 Å². The Morgan fingerprint density at radius 1 is 1.37 bits per heavy atom. The number of halogens is 2. The summed E-state index contributed by atoms with van der Waals surface area (Å²) < 4.78 is 27.7. The van der Waals surface area contributed by atoms with Gasteiger partial charge < -0.3 is 5.32 Å². The number of anilines is 1. The zero-order valence-electron chi connectivity index (χ0n) is 11.2. The second-order valence-corrected chi connectivity index (χ2v) is 4.52. The Balaban J connectivity index is 2.04. The molecule has 0 aromatic carbocycles. The number of nitrogens with zero attached hydrogens (tertiary/aromatic N) is 4. The van der Waals surface area contributed by atoms with Crippen molar-refractivity contribution >= 4 is 5.82 Å². The third-order valence-corrected chi connectivity index (χ3v) is 2.97. The van der Waals surface area contributed by atoms with Crippen LogP contribution in [0.25, 0.3) is 0 Å². The highest BCUT2D eigenvalue weighted by Gasteiger charge is 2.11. The van der Waals surface area contributed by atoms with E-state index < -0.39 is 6.43 Å². The lowest BCUT2D eigenvalue weighted by atomic mass is 10.2. The number of hydrogen-bond donors (Lipinski definition) is 1. The molecule has 5 nitrogen and oxygen atoms in total. The molecular weight excluding hydrogens is 252 g/mol. The number of aryl methyl sites for hydroxylation is 2. The van der Waals surface area contributed by atoms with E-state index in [-0.39, 0.29) is 6.54 Å². The Morgan fingerprint density at radius 2 is 2.11 bits per heavy atom. The minimum absolute atomic E-state index is 0.367. The molecule has 0 aliphatic rings. The smallest absolute Gasteiger partial charge is 0.257 e. The summed E-state index contributed by atoms with van der Waals surface area (Å²) in [5.74, 6) is 0.795. The average Bonchev–Trinajstić information content (AvgIpc) is 2.81. The Hall–Kier alpha value is -1.92. The molecular formula is C12H17F2N5. The molecule has 1 N–H and O–H groups in total. The van der Waals surface area contributed by atoms with Gasteiger partial charge in [-0.1, -0.05) is 0 Å². The van der Waals surface area contributed by atoms with Crippen molar-refractivity contribution in [2.45, 2.75) is 33.4 Å². The lowest BCUT2D eigenvalue weighted by molar-refractivity contribution is 0.121. The quantitative estimate of drug-likeness (QED) is 0.904. The van der Waals surface area contributed by atoms with Gasteiger partial charge in [0.25, 0.3) is 6.43 Å². The molecule has 2 aromatic rings. The lowest BCUT2D eigenvalue weighted by Gasteiger charge is -2.06. The van der Waals surface area contributed by atoms with Crippen molar-refractivity contribution in [2.24, 2.45) is 7.05 Å². The normalized spacial score (nSPS) is 11.3. The van der Waals surface area contributed by atoms with Gasteiger partial charge in [0.05, 0.1) is 6.20 Å². The van der Waals surface area contributed by atoms with Crippen molar-refractivity contribution in [1.82, 2.24) is 19.6 Å². The third-order valence-electron chi connectivity index (χ3n) is 2.97. The summed E-state index contributed by atoms with van der Waals surface area (Å²) >= 11 is 0. The number of rotatable bonds is 5. The standard InChI is InChI=1S/C12H17F2N5/c1-8-6-18(3)17-12(8)15-4-10-5-16-19(9(10)2)7-11(13)14/h5-6,11H,4,7H2,1-3H3,(H,15,17). The van der Waals surface area contributed by atoms with Gasteiger partial charge in [0.15, 0.2) is 5.82 Å². The summed E-state index contributed by atoms with van der Waals surface area (Å²) in [7, 11) is 1.85. The van der Waals surface area contributed by atoms with Crippen LogP contribution in [0.1, 0.15) is 16.8 Å². The largest absolute Gasteiger partial charge is 0.364 e. The predicted octanol–water partition coefficient (Wildman–Crippen LogP) is 2.11. The van der Waals surface area contributed by atoms with E-state index in [2.05, 4.69) is 15.5 Å². The average molecular weight is 269 g/mol. The summed E-state index contributed by atoms with van der Waals surface area (Å²) in [5.41, 5.74) is 2.69.